The second kappa shape index (κ2) is 5.65. The van der Waals surface area contributed by atoms with E-state index >= 15 is 0 Å². The van der Waals surface area contributed by atoms with E-state index < -0.39 is 0 Å². The van der Waals surface area contributed by atoms with Gasteiger partial charge in [-0.2, -0.15) is 0 Å². The van der Waals surface area contributed by atoms with Crippen LogP contribution in [-0.4, -0.2) is 23.0 Å². The number of carbonyl (C=O) groups is 1. The number of anilines is 1. The number of para-hydroxylation sites is 2. The fraction of sp³-hybridized carbons (Fsp3) is 0.188. The predicted octanol–water partition coefficient (Wildman–Crippen LogP) is 2.56. The lowest BCUT2D eigenvalue weighted by Gasteiger charge is -2.19. The molecule has 0 aliphatic heterocycles. The molecule has 2 rings (SSSR count). The summed E-state index contributed by atoms with van der Waals surface area (Å²) < 4.78 is 0. The van der Waals surface area contributed by atoms with Crippen LogP contribution in [0.2, 0.25) is 0 Å². The Hall–Kier alpha value is -2.49. The van der Waals surface area contributed by atoms with Gasteiger partial charge < -0.3 is 15.7 Å². The Morgan fingerprint density at radius 2 is 1.90 bits per heavy atom. The highest BCUT2D eigenvalue weighted by Gasteiger charge is 2.17. The minimum absolute atomic E-state index is 0.0328. The zero-order valence-electron chi connectivity index (χ0n) is 11.6. The van der Waals surface area contributed by atoms with Gasteiger partial charge in [0, 0.05) is 19.3 Å². The van der Waals surface area contributed by atoms with Crippen LogP contribution in [0.1, 0.15) is 21.5 Å². The number of amides is 1. The highest BCUT2D eigenvalue weighted by atomic mass is 16.3. The van der Waals surface area contributed by atoms with Gasteiger partial charge in [-0.25, -0.2) is 0 Å². The van der Waals surface area contributed by atoms with Crippen molar-refractivity contribution < 1.29 is 9.90 Å². The number of nitrogens with zero attached hydrogens (tertiary/aromatic N) is 1. The van der Waals surface area contributed by atoms with Crippen LogP contribution in [0.5, 0.6) is 5.75 Å². The lowest BCUT2D eigenvalue weighted by Crippen LogP contribution is -2.26. The molecule has 0 fully saturated rings. The number of hydrogen-bond donors (Lipinski definition) is 2. The molecule has 3 N–H and O–H groups in total. The maximum absolute atomic E-state index is 12.4. The van der Waals surface area contributed by atoms with Gasteiger partial charge in [0.05, 0.1) is 5.56 Å². The molecular weight excluding hydrogens is 252 g/mol. The van der Waals surface area contributed by atoms with Gasteiger partial charge >= 0.3 is 0 Å². The van der Waals surface area contributed by atoms with Crippen LogP contribution < -0.4 is 5.73 Å². The summed E-state index contributed by atoms with van der Waals surface area (Å²) in [4.78, 5) is 13.9. The summed E-state index contributed by atoms with van der Waals surface area (Å²) in [5.41, 5.74) is 8.40. The minimum Gasteiger partial charge on any atom is -0.507 e. The van der Waals surface area contributed by atoms with Gasteiger partial charge in [0.15, 0.2) is 0 Å². The number of phenolic OH excluding ortho intramolecular Hbond substituents is 1. The zero-order valence-corrected chi connectivity index (χ0v) is 11.6. The first-order valence-electron chi connectivity index (χ1n) is 6.38. The lowest BCUT2D eigenvalue weighted by molar-refractivity contribution is 0.0782. The van der Waals surface area contributed by atoms with Gasteiger partial charge in [-0.3, -0.25) is 4.79 Å². The number of carbonyl (C=O) groups excluding carboxylic acids is 1. The summed E-state index contributed by atoms with van der Waals surface area (Å²) in [6.07, 6.45) is 0. The monoisotopic (exact) mass is 270 g/mol. The molecule has 0 bridgehead atoms. The average Bonchev–Trinajstić information content (AvgIpc) is 2.43. The smallest absolute Gasteiger partial charge is 0.257 e. The van der Waals surface area contributed by atoms with E-state index in [4.69, 9.17) is 5.73 Å². The van der Waals surface area contributed by atoms with Crippen molar-refractivity contribution in [2.75, 3.05) is 12.8 Å². The van der Waals surface area contributed by atoms with Crippen molar-refractivity contribution in [3.8, 4) is 5.75 Å². The normalized spacial score (nSPS) is 10.3. The van der Waals surface area contributed by atoms with E-state index in [1.807, 2.05) is 18.2 Å². The lowest BCUT2D eigenvalue weighted by atomic mass is 10.1. The number of nitrogens with two attached hydrogens (primary N) is 1. The number of nitrogen functional groups attached to an aromatic ring is 1. The quantitative estimate of drug-likeness (QED) is 0.842. The second-order valence-corrected chi connectivity index (χ2v) is 4.83. The summed E-state index contributed by atoms with van der Waals surface area (Å²) in [6.45, 7) is 2.17. The molecule has 0 heterocycles. The van der Waals surface area contributed by atoms with Crippen LogP contribution in [0.4, 0.5) is 5.69 Å². The molecule has 20 heavy (non-hydrogen) atoms. The summed E-state index contributed by atoms with van der Waals surface area (Å²) in [5.74, 6) is -0.195. The van der Waals surface area contributed by atoms with Gasteiger partial charge in [0.25, 0.3) is 5.91 Å². The van der Waals surface area contributed by atoms with E-state index in [0.29, 0.717) is 23.4 Å². The first-order valence-corrected chi connectivity index (χ1v) is 6.38. The second-order valence-electron chi connectivity index (χ2n) is 4.83. The van der Waals surface area contributed by atoms with Crippen LogP contribution in [0, 0.1) is 6.92 Å². The van der Waals surface area contributed by atoms with E-state index in [1.165, 1.54) is 0 Å². The number of aromatic hydroxyl groups is 1. The van der Waals surface area contributed by atoms with Crippen LogP contribution in [0.15, 0.2) is 42.5 Å². The van der Waals surface area contributed by atoms with Crippen molar-refractivity contribution in [2.24, 2.45) is 0 Å². The molecule has 0 spiro atoms. The van der Waals surface area contributed by atoms with E-state index in [0.717, 1.165) is 5.56 Å². The number of hydrogen-bond acceptors (Lipinski definition) is 3. The number of rotatable bonds is 3. The molecule has 0 aliphatic carbocycles. The Labute approximate surface area is 118 Å². The van der Waals surface area contributed by atoms with Gasteiger partial charge in [-0.15, -0.1) is 0 Å². The molecule has 2 aromatic carbocycles. The Bertz CT molecular complexity index is 638. The van der Waals surface area contributed by atoms with Crippen LogP contribution in [0.25, 0.3) is 0 Å². The first-order chi connectivity index (χ1) is 9.50. The summed E-state index contributed by atoms with van der Waals surface area (Å²) in [6, 6.07) is 12.6. The minimum atomic E-state index is -0.227. The molecule has 0 aliphatic rings. The summed E-state index contributed by atoms with van der Waals surface area (Å²) in [5, 5.41) is 9.97. The molecular formula is C16H18N2O2. The molecule has 0 saturated carbocycles. The van der Waals surface area contributed by atoms with Gasteiger partial charge in [-0.05, 0) is 30.2 Å². The van der Waals surface area contributed by atoms with E-state index in [-0.39, 0.29) is 11.7 Å². The fourth-order valence-corrected chi connectivity index (χ4v) is 2.04. The fourth-order valence-electron chi connectivity index (χ4n) is 2.04. The van der Waals surface area contributed by atoms with Crippen molar-refractivity contribution in [1.29, 1.82) is 0 Å². The summed E-state index contributed by atoms with van der Waals surface area (Å²) in [7, 11) is 1.69. The highest BCUT2D eigenvalue weighted by molar-refractivity contribution is 5.97. The van der Waals surface area contributed by atoms with Crippen molar-refractivity contribution in [1.82, 2.24) is 4.90 Å². The molecule has 4 heteroatoms. The van der Waals surface area contributed by atoms with Crippen molar-refractivity contribution in [3.05, 3.63) is 59.2 Å². The van der Waals surface area contributed by atoms with Crippen molar-refractivity contribution in [2.45, 2.75) is 13.5 Å². The maximum Gasteiger partial charge on any atom is 0.257 e. The van der Waals surface area contributed by atoms with Crippen molar-refractivity contribution >= 4 is 11.6 Å². The first kappa shape index (κ1) is 13.9. The Morgan fingerprint density at radius 1 is 1.20 bits per heavy atom. The third-order valence-corrected chi connectivity index (χ3v) is 3.28. The van der Waals surface area contributed by atoms with E-state index in [1.54, 1.807) is 43.1 Å². The van der Waals surface area contributed by atoms with Gasteiger partial charge in [0.2, 0.25) is 0 Å². The van der Waals surface area contributed by atoms with Crippen molar-refractivity contribution in [3.63, 3.8) is 0 Å². The SMILES string of the molecule is Cc1cccc(C(=O)N(C)Cc2ccccc2N)c1O. The number of phenols is 1. The average molecular weight is 270 g/mol. The number of aryl methyl sites for hydroxylation is 1. The molecule has 104 valence electrons. The molecule has 0 saturated heterocycles. The zero-order chi connectivity index (χ0) is 14.7. The molecule has 0 radical (unpaired) electrons. The molecule has 2 aromatic rings. The van der Waals surface area contributed by atoms with Crippen LogP contribution >= 0.6 is 0 Å². The molecule has 0 aromatic heterocycles. The standard InChI is InChI=1S/C16H18N2O2/c1-11-6-5-8-13(15(11)19)16(20)18(2)10-12-7-3-4-9-14(12)17/h3-9,19H,10,17H2,1-2H3. The Morgan fingerprint density at radius 3 is 2.60 bits per heavy atom. The maximum atomic E-state index is 12.4. The molecule has 1 amide bonds. The largest absolute Gasteiger partial charge is 0.507 e. The topological polar surface area (TPSA) is 66.6 Å². The Balaban J connectivity index is 2.21. The third kappa shape index (κ3) is 2.74. The molecule has 4 nitrogen and oxygen atoms in total. The van der Waals surface area contributed by atoms with E-state index in [2.05, 4.69) is 0 Å². The summed E-state index contributed by atoms with van der Waals surface area (Å²) >= 11 is 0. The predicted molar refractivity (Wildman–Crippen MR) is 79.5 cm³/mol. The van der Waals surface area contributed by atoms with Gasteiger partial charge in [-0.1, -0.05) is 30.3 Å². The molecule has 0 atom stereocenters. The van der Waals surface area contributed by atoms with E-state index in [9.17, 15) is 9.90 Å². The van der Waals surface area contributed by atoms with Crippen LogP contribution in [0.3, 0.4) is 0 Å². The Kier molecular flexibility index (Phi) is 3.94. The molecule has 0 unspecified atom stereocenters. The number of benzene rings is 2. The van der Waals surface area contributed by atoms with Crippen LogP contribution in [-0.2, 0) is 6.54 Å². The third-order valence-electron chi connectivity index (χ3n) is 3.28. The van der Waals surface area contributed by atoms with Gasteiger partial charge in [0.1, 0.15) is 5.75 Å². The highest BCUT2D eigenvalue weighted by Crippen LogP contribution is 2.23.